The van der Waals surface area contributed by atoms with Crippen LogP contribution in [0.4, 0.5) is 0 Å². The molecule has 2 N–H and O–H groups in total. The third-order valence-electron chi connectivity index (χ3n) is 2.40. The average Bonchev–Trinajstić information content (AvgIpc) is 2.24. The second-order valence-corrected chi connectivity index (χ2v) is 3.61. The molecule has 0 fully saturated rings. The molecule has 0 spiro atoms. The van der Waals surface area contributed by atoms with Gasteiger partial charge in [0.15, 0.2) is 5.92 Å². The van der Waals surface area contributed by atoms with E-state index in [9.17, 15) is 9.59 Å². The molecule has 17 heavy (non-hydrogen) atoms. The Morgan fingerprint density at radius 2 is 1.59 bits per heavy atom. The van der Waals surface area contributed by atoms with Gasteiger partial charge in [-0.15, -0.1) is 0 Å². The van der Waals surface area contributed by atoms with Gasteiger partial charge in [-0.2, -0.15) is 0 Å². The molecular weight excluding hydrogens is 232 g/mol. The number of carboxylic acids is 2. The Balaban J connectivity index is 0.00000256. The van der Waals surface area contributed by atoms with Gasteiger partial charge in [-0.3, -0.25) is 9.59 Å². The lowest BCUT2D eigenvalue weighted by Gasteiger charge is -2.06. The first-order valence-corrected chi connectivity index (χ1v) is 5.11. The minimum Gasteiger partial charge on any atom is -0.481 e. The fourth-order valence-corrected chi connectivity index (χ4v) is 1.51. The lowest BCUT2D eigenvalue weighted by atomic mass is 10.00. The van der Waals surface area contributed by atoms with Crippen LogP contribution in [0.15, 0.2) is 30.3 Å². The van der Waals surface area contributed by atoms with E-state index in [1.807, 2.05) is 30.3 Å². The topological polar surface area (TPSA) is 74.6 Å². The van der Waals surface area contributed by atoms with Crippen molar-refractivity contribution in [3.8, 4) is 0 Å². The molecule has 0 aromatic heterocycles. The molecule has 1 rings (SSSR count). The molecule has 0 aliphatic carbocycles. The number of aliphatic carboxylic acids is 2. The number of carboxylic acid groups (broad SMARTS) is 2. The summed E-state index contributed by atoms with van der Waals surface area (Å²) < 4.78 is 0. The first-order valence-electron chi connectivity index (χ1n) is 5.11. The highest BCUT2D eigenvalue weighted by molar-refractivity contribution is 5.92. The number of benzene rings is 1. The van der Waals surface area contributed by atoms with E-state index >= 15 is 0 Å². The van der Waals surface area contributed by atoms with Crippen molar-refractivity contribution in [2.24, 2.45) is 5.92 Å². The van der Waals surface area contributed by atoms with Crippen LogP contribution in [-0.2, 0) is 16.0 Å². The number of rotatable bonds is 6. The summed E-state index contributed by atoms with van der Waals surface area (Å²) in [4.78, 5) is 21.2. The highest BCUT2D eigenvalue weighted by atomic mass is 24.3. The number of aryl methyl sites for hydroxylation is 1. The van der Waals surface area contributed by atoms with Crippen LogP contribution in [0, 0.1) is 5.92 Å². The van der Waals surface area contributed by atoms with Gasteiger partial charge in [-0.1, -0.05) is 30.3 Å². The van der Waals surface area contributed by atoms with Crippen LogP contribution in [-0.4, -0.2) is 45.2 Å². The van der Waals surface area contributed by atoms with Crippen molar-refractivity contribution in [3.63, 3.8) is 0 Å². The molecule has 5 heteroatoms. The molecule has 0 radical (unpaired) electrons. The maximum atomic E-state index is 10.6. The molecule has 0 saturated carbocycles. The van der Waals surface area contributed by atoms with Crippen molar-refractivity contribution in [2.75, 3.05) is 0 Å². The van der Waals surface area contributed by atoms with Crippen LogP contribution < -0.4 is 0 Å². The summed E-state index contributed by atoms with van der Waals surface area (Å²) in [7, 11) is 0. The van der Waals surface area contributed by atoms with E-state index in [0.717, 1.165) is 5.56 Å². The molecule has 4 nitrogen and oxygen atoms in total. The minimum absolute atomic E-state index is 0. The lowest BCUT2D eigenvalue weighted by molar-refractivity contribution is -0.154. The SMILES string of the molecule is O=C(O)C(CCCc1ccccc1)C(=O)O.[MgH2]. The maximum Gasteiger partial charge on any atom is 0.317 e. The van der Waals surface area contributed by atoms with E-state index < -0.39 is 17.9 Å². The predicted octanol–water partition coefficient (Wildman–Crippen LogP) is 0.879. The van der Waals surface area contributed by atoms with Crippen molar-refractivity contribution in [3.05, 3.63) is 35.9 Å². The number of carbonyl (C=O) groups is 2. The summed E-state index contributed by atoms with van der Waals surface area (Å²) in [6.07, 6.45) is 1.44. The second-order valence-electron chi connectivity index (χ2n) is 3.61. The zero-order valence-corrected chi connectivity index (χ0v) is 8.80. The predicted molar refractivity (Wildman–Crippen MR) is 66.7 cm³/mol. The van der Waals surface area contributed by atoms with Crippen LogP contribution in [0.3, 0.4) is 0 Å². The Morgan fingerprint density at radius 1 is 1.06 bits per heavy atom. The smallest absolute Gasteiger partial charge is 0.317 e. The normalized spacial score (nSPS) is 9.71. The lowest BCUT2D eigenvalue weighted by Crippen LogP contribution is -2.23. The second kappa shape index (κ2) is 8.08. The number of hydrogen-bond acceptors (Lipinski definition) is 2. The van der Waals surface area contributed by atoms with Gasteiger partial charge in [-0.25, -0.2) is 0 Å². The van der Waals surface area contributed by atoms with E-state index in [1.165, 1.54) is 0 Å². The zero-order chi connectivity index (χ0) is 12.0. The summed E-state index contributed by atoms with van der Waals surface area (Å²) in [5.41, 5.74) is 1.09. The average molecular weight is 249 g/mol. The molecule has 0 saturated heterocycles. The zero-order valence-electron chi connectivity index (χ0n) is 8.80. The molecule has 0 atom stereocenters. The van der Waals surface area contributed by atoms with Crippen LogP contribution >= 0.6 is 0 Å². The van der Waals surface area contributed by atoms with Crippen LogP contribution in [0.25, 0.3) is 0 Å². The molecule has 0 amide bonds. The Bertz CT molecular complexity index is 350. The van der Waals surface area contributed by atoms with Gasteiger partial charge < -0.3 is 10.2 Å². The van der Waals surface area contributed by atoms with E-state index in [4.69, 9.17) is 10.2 Å². The van der Waals surface area contributed by atoms with Crippen LogP contribution in [0.2, 0.25) is 0 Å². The standard InChI is InChI=1S/C12H14O4.Mg.2H/c13-11(14)10(12(15)16)8-4-7-9-5-2-1-3-6-9;;;/h1-3,5-6,10H,4,7-8H2,(H,13,14)(H,15,16);;;. The molecule has 1 aromatic rings. The Kier molecular flexibility index (Phi) is 7.57. The van der Waals surface area contributed by atoms with E-state index in [-0.39, 0.29) is 29.5 Å². The quantitative estimate of drug-likeness (QED) is 0.579. The first kappa shape index (κ1) is 15.9. The summed E-state index contributed by atoms with van der Waals surface area (Å²) in [6.45, 7) is 0. The molecule has 0 aliphatic rings. The third kappa shape index (κ3) is 5.70. The minimum atomic E-state index is -1.29. The first-order chi connectivity index (χ1) is 7.61. The van der Waals surface area contributed by atoms with Gasteiger partial charge in [0.05, 0.1) is 0 Å². The molecule has 0 unspecified atom stereocenters. The monoisotopic (exact) mass is 248 g/mol. The molecule has 1 aromatic carbocycles. The Hall–Kier alpha value is -1.07. The fraction of sp³-hybridized carbons (Fsp3) is 0.333. The Morgan fingerprint density at radius 3 is 2.06 bits per heavy atom. The summed E-state index contributed by atoms with van der Waals surface area (Å²) in [5.74, 6) is -3.81. The van der Waals surface area contributed by atoms with E-state index in [0.29, 0.717) is 12.8 Å². The molecule has 0 heterocycles. The molecule has 0 bridgehead atoms. The van der Waals surface area contributed by atoms with Crippen LogP contribution in [0.5, 0.6) is 0 Å². The van der Waals surface area contributed by atoms with Crippen molar-refractivity contribution >= 4 is 35.0 Å². The maximum absolute atomic E-state index is 10.6. The Labute approximate surface area is 116 Å². The van der Waals surface area contributed by atoms with Crippen molar-refractivity contribution in [1.82, 2.24) is 0 Å². The number of hydrogen-bond donors (Lipinski definition) is 2. The fourth-order valence-electron chi connectivity index (χ4n) is 1.51. The van der Waals surface area contributed by atoms with E-state index in [2.05, 4.69) is 0 Å². The largest absolute Gasteiger partial charge is 0.481 e. The molecule has 90 valence electrons. The van der Waals surface area contributed by atoms with Crippen molar-refractivity contribution in [2.45, 2.75) is 19.3 Å². The van der Waals surface area contributed by atoms with E-state index in [1.54, 1.807) is 0 Å². The van der Waals surface area contributed by atoms with Gasteiger partial charge in [0.2, 0.25) is 0 Å². The highest BCUT2D eigenvalue weighted by Gasteiger charge is 2.24. The van der Waals surface area contributed by atoms with Crippen LogP contribution in [0.1, 0.15) is 18.4 Å². The van der Waals surface area contributed by atoms with Gasteiger partial charge >= 0.3 is 35.0 Å². The summed E-state index contributed by atoms with van der Waals surface area (Å²) in [6, 6.07) is 9.59. The van der Waals surface area contributed by atoms with Crippen molar-refractivity contribution < 1.29 is 19.8 Å². The van der Waals surface area contributed by atoms with Gasteiger partial charge in [-0.05, 0) is 24.8 Å². The van der Waals surface area contributed by atoms with Gasteiger partial charge in [0, 0.05) is 0 Å². The summed E-state index contributed by atoms with van der Waals surface area (Å²) >= 11 is 0. The third-order valence-corrected chi connectivity index (χ3v) is 2.40. The molecule has 0 aliphatic heterocycles. The summed E-state index contributed by atoms with van der Waals surface area (Å²) in [5, 5.41) is 17.3. The molecular formula is C12H16MgO4. The van der Waals surface area contributed by atoms with Gasteiger partial charge in [0.25, 0.3) is 0 Å². The van der Waals surface area contributed by atoms with Gasteiger partial charge in [0.1, 0.15) is 0 Å². The highest BCUT2D eigenvalue weighted by Crippen LogP contribution is 2.11. The van der Waals surface area contributed by atoms with Crippen molar-refractivity contribution in [1.29, 1.82) is 0 Å².